The number of halogens is 6. The van der Waals surface area contributed by atoms with E-state index in [9.17, 15) is 26.3 Å². The predicted octanol–water partition coefficient (Wildman–Crippen LogP) is 3.15. The number of ether oxygens (including phenoxy) is 1. The fraction of sp³-hybridized carbons (Fsp3) is 0.500. The van der Waals surface area contributed by atoms with Crippen molar-refractivity contribution < 1.29 is 31.1 Å². The minimum Gasteiger partial charge on any atom is -0.370 e. The lowest BCUT2D eigenvalue weighted by molar-refractivity contribution is -0.174. The number of rotatable bonds is 5. The third-order valence-corrected chi connectivity index (χ3v) is 2.35. The zero-order valence-electron chi connectivity index (χ0n) is 10.3. The van der Waals surface area contributed by atoms with E-state index in [0.29, 0.717) is 5.56 Å². The summed E-state index contributed by atoms with van der Waals surface area (Å²) in [5.74, 6) is 0. The Labute approximate surface area is 111 Å². The zero-order chi connectivity index (χ0) is 15.4. The Hall–Kier alpha value is -1.28. The molecule has 0 aromatic heterocycles. The summed E-state index contributed by atoms with van der Waals surface area (Å²) in [7, 11) is 0. The zero-order valence-corrected chi connectivity index (χ0v) is 10.3. The molecule has 20 heavy (non-hydrogen) atoms. The highest BCUT2D eigenvalue weighted by molar-refractivity contribution is 5.26. The normalized spacial score (nSPS) is 14.3. The third-order valence-electron chi connectivity index (χ3n) is 2.35. The highest BCUT2D eigenvalue weighted by atomic mass is 19.4. The molecule has 2 nitrogen and oxygen atoms in total. The molecule has 0 radical (unpaired) electrons. The van der Waals surface area contributed by atoms with Gasteiger partial charge in [0.25, 0.3) is 0 Å². The fourth-order valence-electron chi connectivity index (χ4n) is 1.56. The highest BCUT2D eigenvalue weighted by Gasteiger charge is 2.30. The van der Waals surface area contributed by atoms with Crippen molar-refractivity contribution in [1.29, 1.82) is 0 Å². The minimum absolute atomic E-state index is 0.00176. The second kappa shape index (κ2) is 6.45. The van der Waals surface area contributed by atoms with Crippen molar-refractivity contribution >= 4 is 0 Å². The molecule has 0 bridgehead atoms. The van der Waals surface area contributed by atoms with Gasteiger partial charge in [0.15, 0.2) is 0 Å². The molecular formula is C12H13F6NO. The van der Waals surface area contributed by atoms with Crippen LogP contribution in [0.2, 0.25) is 0 Å². The van der Waals surface area contributed by atoms with Crippen molar-refractivity contribution in [2.24, 2.45) is 5.73 Å². The Bertz CT molecular complexity index is 429. The Balaban J connectivity index is 2.52. The summed E-state index contributed by atoms with van der Waals surface area (Å²) in [6.45, 7) is -1.81. The largest absolute Gasteiger partial charge is 0.416 e. The van der Waals surface area contributed by atoms with Crippen molar-refractivity contribution in [2.75, 3.05) is 13.2 Å². The quantitative estimate of drug-likeness (QED) is 0.848. The third kappa shape index (κ3) is 6.25. The summed E-state index contributed by atoms with van der Waals surface area (Å²) in [5.41, 5.74) is 4.99. The summed E-state index contributed by atoms with van der Waals surface area (Å²) in [5, 5.41) is 0. The molecule has 1 aromatic rings. The molecule has 0 aliphatic rings. The molecule has 2 N–H and O–H groups in total. The van der Waals surface area contributed by atoms with Crippen LogP contribution in [0.4, 0.5) is 26.3 Å². The maximum absolute atomic E-state index is 12.5. The van der Waals surface area contributed by atoms with E-state index in [1.807, 2.05) is 0 Å². The van der Waals surface area contributed by atoms with Crippen LogP contribution in [0.25, 0.3) is 0 Å². The van der Waals surface area contributed by atoms with Crippen molar-refractivity contribution in [2.45, 2.75) is 24.8 Å². The lowest BCUT2D eigenvalue weighted by atomic mass is 10.0. The number of alkyl halides is 6. The van der Waals surface area contributed by atoms with Gasteiger partial charge in [0.05, 0.1) is 12.2 Å². The van der Waals surface area contributed by atoms with Crippen LogP contribution in [0.3, 0.4) is 0 Å². The molecule has 0 heterocycles. The lowest BCUT2D eigenvalue weighted by Gasteiger charge is -2.14. The highest BCUT2D eigenvalue weighted by Crippen LogP contribution is 2.29. The number of hydrogen-bond acceptors (Lipinski definition) is 2. The van der Waals surface area contributed by atoms with Gasteiger partial charge in [-0.25, -0.2) is 0 Å². The predicted molar refractivity (Wildman–Crippen MR) is 60.0 cm³/mol. The van der Waals surface area contributed by atoms with Crippen LogP contribution in [0, 0.1) is 0 Å². The van der Waals surface area contributed by atoms with Gasteiger partial charge in [-0.15, -0.1) is 0 Å². The molecule has 0 spiro atoms. The van der Waals surface area contributed by atoms with Gasteiger partial charge in [0, 0.05) is 6.04 Å². The SMILES string of the molecule is NC(COCC(F)(F)F)Cc1cccc(C(F)(F)F)c1. The second-order valence-corrected chi connectivity index (χ2v) is 4.29. The van der Waals surface area contributed by atoms with Gasteiger partial charge in [0.2, 0.25) is 0 Å². The molecule has 8 heteroatoms. The van der Waals surface area contributed by atoms with Crippen LogP contribution < -0.4 is 5.73 Å². The van der Waals surface area contributed by atoms with Gasteiger partial charge in [0.1, 0.15) is 6.61 Å². The maximum atomic E-state index is 12.5. The standard InChI is InChI=1S/C12H13F6NO/c13-11(14,15)7-20-6-10(19)5-8-2-1-3-9(4-8)12(16,17)18/h1-4,10H,5-7,19H2. The first-order valence-corrected chi connectivity index (χ1v) is 5.64. The number of benzene rings is 1. The van der Waals surface area contributed by atoms with Crippen molar-refractivity contribution in [1.82, 2.24) is 0 Å². The molecule has 0 amide bonds. The molecule has 0 aliphatic heterocycles. The van der Waals surface area contributed by atoms with Gasteiger partial charge in [-0.2, -0.15) is 26.3 Å². The van der Waals surface area contributed by atoms with Gasteiger partial charge in [-0.1, -0.05) is 18.2 Å². The van der Waals surface area contributed by atoms with Crippen molar-refractivity contribution in [3.63, 3.8) is 0 Å². The second-order valence-electron chi connectivity index (χ2n) is 4.29. The summed E-state index contributed by atoms with van der Waals surface area (Å²) in [4.78, 5) is 0. The Morgan fingerprint density at radius 2 is 1.75 bits per heavy atom. The van der Waals surface area contributed by atoms with E-state index >= 15 is 0 Å². The van der Waals surface area contributed by atoms with E-state index in [4.69, 9.17) is 5.73 Å². The first-order chi connectivity index (χ1) is 9.08. The first kappa shape index (κ1) is 16.8. The topological polar surface area (TPSA) is 35.2 Å². The Morgan fingerprint density at radius 1 is 1.10 bits per heavy atom. The van der Waals surface area contributed by atoms with Crippen molar-refractivity contribution in [3.8, 4) is 0 Å². The van der Waals surface area contributed by atoms with Gasteiger partial charge >= 0.3 is 12.4 Å². The smallest absolute Gasteiger partial charge is 0.370 e. The van der Waals surface area contributed by atoms with Crippen LogP contribution in [0.1, 0.15) is 11.1 Å². The molecule has 1 atom stereocenters. The van der Waals surface area contributed by atoms with E-state index in [0.717, 1.165) is 12.1 Å². The summed E-state index contributed by atoms with van der Waals surface area (Å²) in [6, 6.07) is 3.68. The molecule has 0 aliphatic carbocycles. The van der Waals surface area contributed by atoms with E-state index < -0.39 is 30.6 Å². The first-order valence-electron chi connectivity index (χ1n) is 5.64. The summed E-state index contributed by atoms with van der Waals surface area (Å²) < 4.78 is 77.2. The lowest BCUT2D eigenvalue weighted by Crippen LogP contribution is -2.31. The van der Waals surface area contributed by atoms with E-state index in [1.165, 1.54) is 12.1 Å². The maximum Gasteiger partial charge on any atom is 0.416 e. The van der Waals surface area contributed by atoms with Crippen molar-refractivity contribution in [3.05, 3.63) is 35.4 Å². The molecule has 1 unspecified atom stereocenters. The Morgan fingerprint density at radius 3 is 2.30 bits per heavy atom. The average molecular weight is 301 g/mol. The molecule has 0 saturated carbocycles. The molecule has 0 saturated heterocycles. The minimum atomic E-state index is -4.47. The molecule has 114 valence electrons. The average Bonchev–Trinajstić information content (AvgIpc) is 2.26. The van der Waals surface area contributed by atoms with Crippen LogP contribution in [0.5, 0.6) is 0 Å². The monoisotopic (exact) mass is 301 g/mol. The van der Waals surface area contributed by atoms with E-state index in [2.05, 4.69) is 4.74 Å². The van der Waals surface area contributed by atoms with Crippen LogP contribution in [-0.2, 0) is 17.3 Å². The van der Waals surface area contributed by atoms with Crippen LogP contribution in [-0.4, -0.2) is 25.4 Å². The van der Waals surface area contributed by atoms with Crippen LogP contribution >= 0.6 is 0 Å². The summed E-state index contributed by atoms with van der Waals surface area (Å²) >= 11 is 0. The molecule has 1 aromatic carbocycles. The van der Waals surface area contributed by atoms with Crippen LogP contribution in [0.15, 0.2) is 24.3 Å². The number of hydrogen-bond donors (Lipinski definition) is 1. The molecular weight excluding hydrogens is 288 g/mol. The van der Waals surface area contributed by atoms with E-state index in [1.54, 1.807) is 0 Å². The molecule has 0 fully saturated rings. The fourth-order valence-corrected chi connectivity index (χ4v) is 1.56. The van der Waals surface area contributed by atoms with E-state index in [-0.39, 0.29) is 13.0 Å². The van der Waals surface area contributed by atoms with Gasteiger partial charge < -0.3 is 10.5 Å². The van der Waals surface area contributed by atoms with Gasteiger partial charge in [-0.05, 0) is 18.1 Å². The van der Waals surface area contributed by atoms with Gasteiger partial charge in [-0.3, -0.25) is 0 Å². The Kier molecular flexibility index (Phi) is 5.41. The summed E-state index contributed by atoms with van der Waals surface area (Å²) in [6.07, 6.45) is -8.91. The number of nitrogens with two attached hydrogens (primary N) is 1. The molecule has 1 rings (SSSR count).